The van der Waals surface area contributed by atoms with Gasteiger partial charge in [-0.15, -0.1) is 0 Å². The van der Waals surface area contributed by atoms with Crippen LogP contribution < -0.4 is 16.0 Å². The summed E-state index contributed by atoms with van der Waals surface area (Å²) in [6.07, 6.45) is 3.39. The van der Waals surface area contributed by atoms with Gasteiger partial charge in [0.25, 0.3) is 5.91 Å². The summed E-state index contributed by atoms with van der Waals surface area (Å²) in [6, 6.07) is 3.16. The number of amides is 2. The molecule has 0 bridgehead atoms. The van der Waals surface area contributed by atoms with Crippen molar-refractivity contribution in [3.8, 4) is 0 Å². The number of carbonyl (C=O) groups excluding carboxylic acids is 2. The molecule has 1 aliphatic rings. The third-order valence-corrected chi connectivity index (χ3v) is 5.81. The van der Waals surface area contributed by atoms with Crippen molar-refractivity contribution >= 4 is 39.2 Å². The highest BCUT2D eigenvalue weighted by atomic mass is 32.2. The van der Waals surface area contributed by atoms with E-state index in [0.717, 1.165) is 44.1 Å². The van der Waals surface area contributed by atoms with E-state index in [9.17, 15) is 22.4 Å². The van der Waals surface area contributed by atoms with Crippen LogP contribution in [-0.2, 0) is 14.6 Å². The molecular formula is C18H24FN3O5S2. The Hall–Kier alpha value is -2.27. The van der Waals surface area contributed by atoms with Gasteiger partial charge in [0.2, 0.25) is 0 Å². The first-order valence-corrected chi connectivity index (χ1v) is 11.4. The van der Waals surface area contributed by atoms with Gasteiger partial charge in [-0.25, -0.2) is 17.6 Å². The Morgan fingerprint density at radius 3 is 2.31 bits per heavy atom. The zero-order valence-electron chi connectivity index (χ0n) is 16.2. The second kappa shape index (κ2) is 9.97. The van der Waals surface area contributed by atoms with Gasteiger partial charge in [0.05, 0.1) is 6.61 Å². The summed E-state index contributed by atoms with van der Waals surface area (Å²) in [5.74, 6) is -1.55. The van der Waals surface area contributed by atoms with E-state index in [1.165, 1.54) is 6.07 Å². The van der Waals surface area contributed by atoms with Crippen LogP contribution in [0.4, 0.5) is 9.18 Å². The molecule has 0 aliphatic heterocycles. The van der Waals surface area contributed by atoms with Gasteiger partial charge >= 0.3 is 6.09 Å². The van der Waals surface area contributed by atoms with Crippen LogP contribution in [0.2, 0.25) is 0 Å². The largest absolute Gasteiger partial charge is 0.450 e. The molecule has 0 aromatic heterocycles. The molecule has 11 heteroatoms. The molecular weight excluding hydrogens is 421 g/mol. The molecule has 2 rings (SSSR count). The lowest BCUT2D eigenvalue weighted by atomic mass is 9.91. The quantitative estimate of drug-likeness (QED) is 0.593. The molecule has 1 aliphatic carbocycles. The molecule has 1 aromatic rings. The molecule has 2 amide bonds. The highest BCUT2D eigenvalue weighted by Crippen LogP contribution is 2.19. The molecule has 1 fully saturated rings. The van der Waals surface area contributed by atoms with E-state index in [1.54, 1.807) is 6.92 Å². The van der Waals surface area contributed by atoms with Crippen LogP contribution in [0.25, 0.3) is 0 Å². The fraction of sp³-hybridized carbons (Fsp3) is 0.500. The zero-order chi connectivity index (χ0) is 21.6. The van der Waals surface area contributed by atoms with Crippen molar-refractivity contribution in [1.29, 1.82) is 0 Å². The van der Waals surface area contributed by atoms with Crippen LogP contribution in [0.5, 0.6) is 0 Å². The van der Waals surface area contributed by atoms with Gasteiger partial charge in [0.15, 0.2) is 14.9 Å². The van der Waals surface area contributed by atoms with Gasteiger partial charge < -0.3 is 15.4 Å². The van der Waals surface area contributed by atoms with Gasteiger partial charge in [0, 0.05) is 23.9 Å². The van der Waals surface area contributed by atoms with Gasteiger partial charge in [0.1, 0.15) is 10.7 Å². The molecule has 0 radical (unpaired) electrons. The van der Waals surface area contributed by atoms with Crippen LogP contribution in [0.1, 0.15) is 43.0 Å². The molecule has 0 spiro atoms. The van der Waals surface area contributed by atoms with Gasteiger partial charge in [-0.2, -0.15) is 0 Å². The first-order valence-electron chi connectivity index (χ1n) is 9.15. The maximum Gasteiger partial charge on any atom is 0.407 e. The molecule has 0 heterocycles. The monoisotopic (exact) mass is 445 g/mol. The zero-order valence-corrected chi connectivity index (χ0v) is 17.8. The number of ether oxygens (including phenoxy) is 1. The normalized spacial score (nSPS) is 19.1. The van der Waals surface area contributed by atoms with Crippen LogP contribution in [0.3, 0.4) is 0 Å². The average molecular weight is 446 g/mol. The smallest absolute Gasteiger partial charge is 0.407 e. The number of carbonyl (C=O) groups is 2. The number of thiocarbonyl (C=S) groups is 1. The lowest BCUT2D eigenvalue weighted by Gasteiger charge is -2.30. The first-order chi connectivity index (χ1) is 13.6. The van der Waals surface area contributed by atoms with E-state index in [0.29, 0.717) is 6.61 Å². The number of hydrogen-bond acceptors (Lipinski definition) is 6. The Kier molecular flexibility index (Phi) is 7.91. The number of rotatable bonds is 5. The maximum atomic E-state index is 13.7. The van der Waals surface area contributed by atoms with E-state index in [4.69, 9.17) is 17.0 Å². The summed E-state index contributed by atoms with van der Waals surface area (Å²) < 4.78 is 41.7. The average Bonchev–Trinajstić information content (AvgIpc) is 2.62. The molecule has 0 atom stereocenters. The van der Waals surface area contributed by atoms with Crippen LogP contribution >= 0.6 is 12.2 Å². The number of alkyl carbamates (subject to hydrolysis) is 1. The van der Waals surface area contributed by atoms with E-state index in [1.807, 2.05) is 0 Å². The fourth-order valence-electron chi connectivity index (χ4n) is 3.05. The second-order valence-corrected chi connectivity index (χ2v) is 9.15. The van der Waals surface area contributed by atoms with Crippen molar-refractivity contribution in [3.63, 3.8) is 0 Å². The third kappa shape index (κ3) is 6.93. The van der Waals surface area contributed by atoms with Crippen LogP contribution in [0.15, 0.2) is 23.1 Å². The highest BCUT2D eigenvalue weighted by Gasteiger charge is 2.24. The Balaban J connectivity index is 1.86. The third-order valence-electron chi connectivity index (χ3n) is 4.48. The van der Waals surface area contributed by atoms with Crippen molar-refractivity contribution in [1.82, 2.24) is 16.0 Å². The summed E-state index contributed by atoms with van der Waals surface area (Å²) in [5, 5.41) is 8.41. The Morgan fingerprint density at radius 2 is 1.76 bits per heavy atom. The minimum absolute atomic E-state index is 0.0154. The highest BCUT2D eigenvalue weighted by molar-refractivity contribution is 7.90. The minimum atomic E-state index is -3.80. The second-order valence-electron chi connectivity index (χ2n) is 6.76. The van der Waals surface area contributed by atoms with Crippen molar-refractivity contribution < 1.29 is 27.1 Å². The topological polar surface area (TPSA) is 114 Å². The molecule has 0 unspecified atom stereocenters. The molecule has 29 heavy (non-hydrogen) atoms. The standard InChI is InChI=1S/C18H24FN3O5S2/c1-3-27-18(24)21-13-7-5-12(6-8-13)20-17(28)22-16(23)11-4-9-14(19)15(10-11)29(2,25)26/h4,9-10,12-13H,3,5-8H2,1-2H3,(H,21,24)(H2,20,22,23,28). The predicted octanol–water partition coefficient (Wildman–Crippen LogP) is 1.89. The lowest BCUT2D eigenvalue weighted by Crippen LogP contribution is -2.48. The van der Waals surface area contributed by atoms with Crippen molar-refractivity contribution in [2.75, 3.05) is 12.9 Å². The summed E-state index contributed by atoms with van der Waals surface area (Å²) >= 11 is 5.15. The summed E-state index contributed by atoms with van der Waals surface area (Å²) in [7, 11) is -3.80. The number of hydrogen-bond donors (Lipinski definition) is 3. The summed E-state index contributed by atoms with van der Waals surface area (Å²) in [4.78, 5) is 23.2. The van der Waals surface area contributed by atoms with E-state index in [2.05, 4.69) is 16.0 Å². The molecule has 3 N–H and O–H groups in total. The lowest BCUT2D eigenvalue weighted by molar-refractivity contribution is 0.0975. The van der Waals surface area contributed by atoms with Crippen molar-refractivity contribution in [2.45, 2.75) is 49.6 Å². The number of halogens is 1. The molecule has 1 saturated carbocycles. The number of nitrogens with one attached hydrogen (secondary N) is 3. The van der Waals surface area contributed by atoms with Crippen LogP contribution in [0, 0.1) is 5.82 Å². The van der Waals surface area contributed by atoms with Gasteiger partial charge in [-0.05, 0) is 63.0 Å². The van der Waals surface area contributed by atoms with E-state index < -0.39 is 32.6 Å². The van der Waals surface area contributed by atoms with Gasteiger partial charge in [-0.3, -0.25) is 10.1 Å². The number of benzene rings is 1. The van der Waals surface area contributed by atoms with Gasteiger partial charge in [-0.1, -0.05) is 0 Å². The fourth-order valence-corrected chi connectivity index (χ4v) is 4.07. The SMILES string of the molecule is CCOC(=O)NC1CCC(NC(=S)NC(=O)c2ccc(F)c(S(C)(=O)=O)c2)CC1. The molecule has 1 aromatic carbocycles. The first kappa shape index (κ1) is 23.0. The Labute approximate surface area is 174 Å². The van der Waals surface area contributed by atoms with Crippen LogP contribution in [-0.4, -0.2) is 50.5 Å². The summed E-state index contributed by atoms with van der Waals surface area (Å²) in [6.45, 7) is 2.06. The van der Waals surface area contributed by atoms with Crippen molar-refractivity contribution in [2.24, 2.45) is 0 Å². The van der Waals surface area contributed by atoms with Crippen molar-refractivity contribution in [3.05, 3.63) is 29.6 Å². The Morgan fingerprint density at radius 1 is 1.17 bits per heavy atom. The summed E-state index contributed by atoms with van der Waals surface area (Å²) in [5.41, 5.74) is -0.0154. The molecule has 8 nitrogen and oxygen atoms in total. The Bertz CT molecular complexity index is 883. The molecule has 160 valence electrons. The van der Waals surface area contributed by atoms with E-state index in [-0.39, 0.29) is 22.8 Å². The maximum absolute atomic E-state index is 13.7. The molecule has 0 saturated heterocycles. The minimum Gasteiger partial charge on any atom is -0.450 e. The predicted molar refractivity (Wildman–Crippen MR) is 109 cm³/mol. The number of sulfone groups is 1. The van der Waals surface area contributed by atoms with E-state index >= 15 is 0 Å².